The summed E-state index contributed by atoms with van der Waals surface area (Å²) in [4.78, 5) is 0. The molecule has 1 heteroatoms. The van der Waals surface area contributed by atoms with Gasteiger partial charge in [0.25, 0.3) is 0 Å². The van der Waals surface area contributed by atoms with Crippen LogP contribution in [0.1, 0.15) is 30.9 Å². The van der Waals surface area contributed by atoms with E-state index >= 15 is 0 Å². The Labute approximate surface area is 132 Å². The molecule has 3 aromatic rings. The van der Waals surface area contributed by atoms with Crippen molar-refractivity contribution in [3.05, 3.63) is 65.7 Å². The number of aromatic hydroxyl groups is 1. The molecule has 0 saturated heterocycles. The number of rotatable bonds is 4. The third kappa shape index (κ3) is 2.71. The Kier molecular flexibility index (Phi) is 4.15. The molecular formula is C21H22O. The van der Waals surface area contributed by atoms with Gasteiger partial charge in [0.2, 0.25) is 0 Å². The number of benzene rings is 3. The average Bonchev–Trinajstić information content (AvgIpc) is 2.54. The topological polar surface area (TPSA) is 20.2 Å². The van der Waals surface area contributed by atoms with E-state index in [1.807, 2.05) is 24.3 Å². The highest BCUT2D eigenvalue weighted by molar-refractivity contribution is 6.02. The molecule has 0 aliphatic heterocycles. The lowest BCUT2D eigenvalue weighted by Gasteiger charge is -2.14. The predicted molar refractivity (Wildman–Crippen MR) is 94.4 cm³/mol. The van der Waals surface area contributed by atoms with Crippen LogP contribution in [-0.4, -0.2) is 5.11 Å². The number of fused-ring (bicyclic) bond motifs is 1. The van der Waals surface area contributed by atoms with E-state index in [-0.39, 0.29) is 0 Å². The van der Waals surface area contributed by atoms with Gasteiger partial charge in [0.1, 0.15) is 5.75 Å². The predicted octanol–water partition coefficient (Wildman–Crippen LogP) is 5.86. The maximum absolute atomic E-state index is 10.5. The molecule has 3 rings (SSSR count). The van der Waals surface area contributed by atoms with Crippen molar-refractivity contribution in [1.82, 2.24) is 0 Å². The van der Waals surface area contributed by atoms with Crippen molar-refractivity contribution in [3.8, 4) is 16.9 Å². The SMILES string of the molecule is CCCCc1ccc(O)c2c(-c3ccccc3)cc(C)cc12. The number of phenolic OH excluding ortho intramolecular Hbond substituents is 1. The van der Waals surface area contributed by atoms with Gasteiger partial charge in [-0.2, -0.15) is 0 Å². The van der Waals surface area contributed by atoms with Gasteiger partial charge >= 0.3 is 0 Å². The molecule has 1 N–H and O–H groups in total. The number of aryl methyl sites for hydroxylation is 2. The average molecular weight is 290 g/mol. The Balaban J connectivity index is 2.29. The summed E-state index contributed by atoms with van der Waals surface area (Å²) in [5.74, 6) is 0.370. The Morgan fingerprint density at radius 2 is 1.73 bits per heavy atom. The lowest BCUT2D eigenvalue weighted by atomic mass is 9.91. The maximum Gasteiger partial charge on any atom is 0.124 e. The van der Waals surface area contributed by atoms with Gasteiger partial charge < -0.3 is 5.11 Å². The first-order valence-electron chi connectivity index (χ1n) is 8.01. The van der Waals surface area contributed by atoms with Crippen LogP contribution < -0.4 is 0 Å². The summed E-state index contributed by atoms with van der Waals surface area (Å²) in [6.45, 7) is 4.34. The van der Waals surface area contributed by atoms with Crippen molar-refractivity contribution in [2.24, 2.45) is 0 Å². The fraction of sp³-hybridized carbons (Fsp3) is 0.238. The summed E-state index contributed by atoms with van der Waals surface area (Å²) in [6.07, 6.45) is 3.42. The van der Waals surface area contributed by atoms with Crippen LogP contribution in [0.4, 0.5) is 0 Å². The van der Waals surface area contributed by atoms with Crippen molar-refractivity contribution in [1.29, 1.82) is 0 Å². The molecule has 0 aliphatic rings. The molecular weight excluding hydrogens is 268 g/mol. The van der Waals surface area contributed by atoms with Crippen LogP contribution in [0.15, 0.2) is 54.6 Å². The Bertz CT molecular complexity index is 788. The molecule has 0 saturated carbocycles. The maximum atomic E-state index is 10.5. The van der Waals surface area contributed by atoms with Crippen molar-refractivity contribution < 1.29 is 5.11 Å². The van der Waals surface area contributed by atoms with Crippen LogP contribution in [0.25, 0.3) is 21.9 Å². The normalized spacial score (nSPS) is 11.0. The third-order valence-electron chi connectivity index (χ3n) is 4.21. The minimum atomic E-state index is 0.370. The molecule has 0 aromatic heterocycles. The molecule has 0 fully saturated rings. The fourth-order valence-corrected chi connectivity index (χ4v) is 3.10. The monoisotopic (exact) mass is 290 g/mol. The third-order valence-corrected chi connectivity index (χ3v) is 4.21. The molecule has 0 heterocycles. The molecule has 0 bridgehead atoms. The van der Waals surface area contributed by atoms with E-state index in [1.165, 1.54) is 29.4 Å². The van der Waals surface area contributed by atoms with Gasteiger partial charge in [-0.1, -0.05) is 61.9 Å². The molecule has 0 atom stereocenters. The summed E-state index contributed by atoms with van der Waals surface area (Å²) < 4.78 is 0. The van der Waals surface area contributed by atoms with Crippen LogP contribution >= 0.6 is 0 Å². The first-order valence-corrected chi connectivity index (χ1v) is 8.01. The highest BCUT2D eigenvalue weighted by Crippen LogP contribution is 2.37. The van der Waals surface area contributed by atoms with Gasteiger partial charge in [-0.05, 0) is 53.5 Å². The zero-order valence-electron chi connectivity index (χ0n) is 13.3. The minimum Gasteiger partial charge on any atom is -0.507 e. The molecule has 0 unspecified atom stereocenters. The number of unbranched alkanes of at least 4 members (excludes halogenated alkanes) is 1. The summed E-state index contributed by atoms with van der Waals surface area (Å²) in [7, 11) is 0. The summed E-state index contributed by atoms with van der Waals surface area (Å²) in [5.41, 5.74) is 4.83. The zero-order chi connectivity index (χ0) is 15.5. The van der Waals surface area contributed by atoms with E-state index < -0.39 is 0 Å². The molecule has 3 aromatic carbocycles. The molecule has 22 heavy (non-hydrogen) atoms. The summed E-state index contributed by atoms with van der Waals surface area (Å²) in [6, 6.07) is 18.6. The zero-order valence-corrected chi connectivity index (χ0v) is 13.3. The summed E-state index contributed by atoms with van der Waals surface area (Å²) in [5, 5.41) is 12.6. The smallest absolute Gasteiger partial charge is 0.124 e. The second-order valence-corrected chi connectivity index (χ2v) is 5.95. The molecule has 0 spiro atoms. The van der Waals surface area contributed by atoms with Crippen molar-refractivity contribution in [2.45, 2.75) is 33.1 Å². The Morgan fingerprint density at radius 3 is 2.45 bits per heavy atom. The van der Waals surface area contributed by atoms with Crippen molar-refractivity contribution >= 4 is 10.8 Å². The van der Waals surface area contributed by atoms with Crippen LogP contribution in [-0.2, 0) is 6.42 Å². The van der Waals surface area contributed by atoms with E-state index in [1.54, 1.807) is 0 Å². The molecule has 1 nitrogen and oxygen atoms in total. The van der Waals surface area contributed by atoms with Gasteiger partial charge in [0.15, 0.2) is 0 Å². The largest absolute Gasteiger partial charge is 0.507 e. The second-order valence-electron chi connectivity index (χ2n) is 5.95. The summed E-state index contributed by atoms with van der Waals surface area (Å²) >= 11 is 0. The highest BCUT2D eigenvalue weighted by Gasteiger charge is 2.12. The van der Waals surface area contributed by atoms with Crippen LogP contribution in [0.2, 0.25) is 0 Å². The Morgan fingerprint density at radius 1 is 0.955 bits per heavy atom. The van der Waals surface area contributed by atoms with Gasteiger partial charge in [-0.3, -0.25) is 0 Å². The van der Waals surface area contributed by atoms with Gasteiger partial charge in [0, 0.05) is 5.39 Å². The van der Waals surface area contributed by atoms with Crippen molar-refractivity contribution in [3.63, 3.8) is 0 Å². The Hall–Kier alpha value is -2.28. The van der Waals surface area contributed by atoms with Gasteiger partial charge in [0.05, 0.1) is 0 Å². The molecule has 112 valence electrons. The van der Waals surface area contributed by atoms with E-state index in [4.69, 9.17) is 0 Å². The first-order chi connectivity index (χ1) is 10.7. The van der Waals surface area contributed by atoms with Gasteiger partial charge in [-0.15, -0.1) is 0 Å². The van der Waals surface area contributed by atoms with E-state index in [0.717, 1.165) is 22.9 Å². The molecule has 0 aliphatic carbocycles. The number of phenols is 1. The number of hydrogen-bond donors (Lipinski definition) is 1. The van der Waals surface area contributed by atoms with Crippen LogP contribution in [0, 0.1) is 6.92 Å². The van der Waals surface area contributed by atoms with E-state index in [0.29, 0.717) is 5.75 Å². The lowest BCUT2D eigenvalue weighted by molar-refractivity contribution is 0.481. The lowest BCUT2D eigenvalue weighted by Crippen LogP contribution is -1.91. The van der Waals surface area contributed by atoms with E-state index in [9.17, 15) is 5.11 Å². The minimum absolute atomic E-state index is 0.370. The highest BCUT2D eigenvalue weighted by atomic mass is 16.3. The van der Waals surface area contributed by atoms with Crippen LogP contribution in [0.3, 0.4) is 0 Å². The van der Waals surface area contributed by atoms with Crippen molar-refractivity contribution in [2.75, 3.05) is 0 Å². The van der Waals surface area contributed by atoms with Crippen LogP contribution in [0.5, 0.6) is 5.75 Å². The standard InChI is InChI=1S/C21H22O/c1-3-4-8-17-11-12-20(22)21-18(13-15(2)14-19(17)21)16-9-6-5-7-10-16/h5-7,9-14,22H,3-4,8H2,1-2H3. The molecule has 0 radical (unpaired) electrons. The van der Waals surface area contributed by atoms with Gasteiger partial charge in [-0.25, -0.2) is 0 Å². The number of hydrogen-bond acceptors (Lipinski definition) is 1. The first kappa shape index (κ1) is 14.6. The quantitative estimate of drug-likeness (QED) is 0.637. The second kappa shape index (κ2) is 6.23. The molecule has 0 amide bonds. The fourth-order valence-electron chi connectivity index (χ4n) is 3.10. The van der Waals surface area contributed by atoms with E-state index in [2.05, 4.69) is 44.2 Å².